The molecule has 1 atom stereocenters. The van der Waals surface area contributed by atoms with Gasteiger partial charge in [-0.3, -0.25) is 9.48 Å². The highest BCUT2D eigenvalue weighted by Crippen LogP contribution is 2.24. The van der Waals surface area contributed by atoms with E-state index in [-0.39, 0.29) is 5.91 Å². The van der Waals surface area contributed by atoms with E-state index in [4.69, 9.17) is 4.84 Å². The normalized spacial score (nSPS) is 15.7. The van der Waals surface area contributed by atoms with Gasteiger partial charge < -0.3 is 10.2 Å². The number of anilines is 1. The van der Waals surface area contributed by atoms with Crippen molar-refractivity contribution < 1.29 is 9.63 Å². The number of benzene rings is 2. The number of hydrogen-bond donors (Lipinski definition) is 1. The third-order valence-electron chi connectivity index (χ3n) is 4.50. The number of aryl methyl sites for hydroxylation is 1. The first kappa shape index (κ1) is 19.8. The van der Waals surface area contributed by atoms with Crippen LogP contribution < -0.4 is 5.32 Å². The minimum absolute atomic E-state index is 0.278. The Morgan fingerprint density at radius 1 is 1.24 bits per heavy atom. The predicted molar refractivity (Wildman–Crippen MR) is 119 cm³/mol. The van der Waals surface area contributed by atoms with E-state index in [1.807, 2.05) is 42.6 Å². The Morgan fingerprint density at radius 3 is 2.86 bits per heavy atom. The van der Waals surface area contributed by atoms with Gasteiger partial charge in [0.2, 0.25) is 6.10 Å². The highest BCUT2D eigenvalue weighted by molar-refractivity contribution is 9.10. The van der Waals surface area contributed by atoms with E-state index in [9.17, 15) is 4.79 Å². The van der Waals surface area contributed by atoms with E-state index in [2.05, 4.69) is 66.5 Å². The summed E-state index contributed by atoms with van der Waals surface area (Å²) in [6.45, 7) is 2.67. The van der Waals surface area contributed by atoms with Crippen molar-refractivity contribution in [2.45, 2.75) is 26.0 Å². The van der Waals surface area contributed by atoms with Gasteiger partial charge >= 0.3 is 0 Å². The average molecular weight is 518 g/mol. The van der Waals surface area contributed by atoms with Crippen molar-refractivity contribution >= 4 is 49.3 Å². The zero-order valence-electron chi connectivity index (χ0n) is 15.6. The van der Waals surface area contributed by atoms with Crippen LogP contribution in [0.5, 0.6) is 0 Å². The fourth-order valence-corrected chi connectivity index (χ4v) is 3.93. The first-order valence-electron chi connectivity index (χ1n) is 9.06. The fraction of sp³-hybridized carbons (Fsp3) is 0.190. The molecule has 0 saturated carbocycles. The maximum atomic E-state index is 12.6. The van der Waals surface area contributed by atoms with Crippen LogP contribution in [0.25, 0.3) is 0 Å². The molecule has 0 radical (unpaired) electrons. The van der Waals surface area contributed by atoms with Gasteiger partial charge in [-0.15, -0.1) is 0 Å². The predicted octanol–water partition coefficient (Wildman–Crippen LogP) is 4.90. The maximum absolute atomic E-state index is 12.6. The highest BCUT2D eigenvalue weighted by Gasteiger charge is 2.30. The van der Waals surface area contributed by atoms with Crippen molar-refractivity contribution in [2.75, 3.05) is 5.32 Å². The topological polar surface area (TPSA) is 68.5 Å². The molecule has 148 valence electrons. The quantitative estimate of drug-likeness (QED) is 0.523. The van der Waals surface area contributed by atoms with Crippen LogP contribution in [0.4, 0.5) is 5.82 Å². The van der Waals surface area contributed by atoms with Gasteiger partial charge in [0.25, 0.3) is 5.91 Å². The third-order valence-corrected chi connectivity index (χ3v) is 5.58. The molecule has 29 heavy (non-hydrogen) atoms. The Balaban J connectivity index is 1.40. The highest BCUT2D eigenvalue weighted by atomic mass is 79.9. The monoisotopic (exact) mass is 516 g/mol. The zero-order valence-corrected chi connectivity index (χ0v) is 18.8. The molecule has 1 aliphatic heterocycles. The van der Waals surface area contributed by atoms with Crippen LogP contribution in [0, 0.1) is 6.92 Å². The lowest BCUT2D eigenvalue weighted by Gasteiger charge is -2.08. The molecule has 2 aromatic carbocycles. The molecule has 0 bridgehead atoms. The molecule has 6 nitrogen and oxygen atoms in total. The molecule has 4 rings (SSSR count). The molecule has 1 unspecified atom stereocenters. The smallest absolute Gasteiger partial charge is 0.269 e. The molecule has 1 aliphatic rings. The fourth-order valence-electron chi connectivity index (χ4n) is 3.11. The Bertz CT molecular complexity index is 1090. The summed E-state index contributed by atoms with van der Waals surface area (Å²) in [7, 11) is 0. The summed E-state index contributed by atoms with van der Waals surface area (Å²) >= 11 is 6.91. The van der Waals surface area contributed by atoms with Crippen LogP contribution in [0.2, 0.25) is 0 Å². The Morgan fingerprint density at radius 2 is 2.07 bits per heavy atom. The summed E-state index contributed by atoms with van der Waals surface area (Å²) < 4.78 is 3.45. The number of halogens is 2. The van der Waals surface area contributed by atoms with Crippen LogP contribution >= 0.6 is 31.9 Å². The van der Waals surface area contributed by atoms with Gasteiger partial charge in [-0.05, 0) is 40.5 Å². The Kier molecular flexibility index (Phi) is 5.82. The second kappa shape index (κ2) is 8.51. The number of nitrogens with zero attached hydrogens (tertiary/aromatic N) is 3. The van der Waals surface area contributed by atoms with Crippen LogP contribution in [0.15, 0.2) is 68.8 Å². The molecule has 0 spiro atoms. The maximum Gasteiger partial charge on any atom is 0.269 e. The van der Waals surface area contributed by atoms with E-state index in [1.165, 1.54) is 5.56 Å². The van der Waals surface area contributed by atoms with Crippen molar-refractivity contribution in [1.82, 2.24) is 9.78 Å². The molecule has 0 fully saturated rings. The number of oxime groups is 1. The van der Waals surface area contributed by atoms with Crippen LogP contribution in [0.3, 0.4) is 0 Å². The number of carbonyl (C=O) groups excluding carboxylic acids is 1. The average Bonchev–Trinajstić information content (AvgIpc) is 3.29. The Labute approximate surface area is 185 Å². The number of rotatable bonds is 5. The first-order valence-corrected chi connectivity index (χ1v) is 10.6. The molecule has 1 N–H and O–H groups in total. The molecule has 0 aliphatic carbocycles. The van der Waals surface area contributed by atoms with E-state index < -0.39 is 6.10 Å². The van der Waals surface area contributed by atoms with Crippen molar-refractivity contribution in [3.05, 3.63) is 80.4 Å². The summed E-state index contributed by atoms with van der Waals surface area (Å²) in [5.74, 6) is 0.183. The van der Waals surface area contributed by atoms with Gasteiger partial charge in [0, 0.05) is 22.7 Å². The minimum atomic E-state index is -0.683. The molecular formula is C21H18Br2N4O2. The van der Waals surface area contributed by atoms with Crippen LogP contribution in [-0.2, 0) is 16.2 Å². The number of hydrogen-bond acceptors (Lipinski definition) is 4. The number of amides is 1. The van der Waals surface area contributed by atoms with Crippen molar-refractivity contribution in [3.63, 3.8) is 0 Å². The van der Waals surface area contributed by atoms with Gasteiger partial charge in [-0.1, -0.05) is 63.0 Å². The SMILES string of the molecule is Cc1cccc(Cn2cc(Br)c(NC(=O)C3CC(c4cccc(Br)c4)=NO3)n2)c1. The second-order valence-corrected chi connectivity index (χ2v) is 8.62. The van der Waals surface area contributed by atoms with Crippen molar-refractivity contribution in [2.24, 2.45) is 5.16 Å². The molecule has 3 aromatic rings. The van der Waals surface area contributed by atoms with Gasteiger partial charge in [-0.25, -0.2) is 0 Å². The summed E-state index contributed by atoms with van der Waals surface area (Å²) in [5.41, 5.74) is 4.01. The van der Waals surface area contributed by atoms with Gasteiger partial charge in [0.05, 0.1) is 16.7 Å². The van der Waals surface area contributed by atoms with Gasteiger partial charge in [0.1, 0.15) is 0 Å². The van der Waals surface area contributed by atoms with Gasteiger partial charge in [0.15, 0.2) is 5.82 Å². The first-order chi connectivity index (χ1) is 14.0. The van der Waals surface area contributed by atoms with Crippen LogP contribution in [0.1, 0.15) is 23.1 Å². The summed E-state index contributed by atoms with van der Waals surface area (Å²) in [5, 5.41) is 11.4. The molecule has 1 amide bonds. The van der Waals surface area contributed by atoms with E-state index in [0.29, 0.717) is 23.3 Å². The molecular weight excluding hydrogens is 500 g/mol. The molecule has 1 aromatic heterocycles. The van der Waals surface area contributed by atoms with E-state index >= 15 is 0 Å². The molecule has 2 heterocycles. The zero-order chi connectivity index (χ0) is 20.4. The lowest BCUT2D eigenvalue weighted by Crippen LogP contribution is -2.28. The van der Waals surface area contributed by atoms with Crippen LogP contribution in [-0.4, -0.2) is 27.5 Å². The molecule has 0 saturated heterocycles. The molecule has 8 heteroatoms. The Hall–Kier alpha value is -2.45. The third kappa shape index (κ3) is 4.76. The number of nitrogens with one attached hydrogen (secondary N) is 1. The summed E-state index contributed by atoms with van der Waals surface area (Å²) in [6.07, 6.45) is 1.57. The summed E-state index contributed by atoms with van der Waals surface area (Å²) in [6, 6.07) is 16.0. The van der Waals surface area contributed by atoms with Gasteiger partial charge in [-0.2, -0.15) is 5.10 Å². The lowest BCUT2D eigenvalue weighted by atomic mass is 10.0. The number of carbonyl (C=O) groups is 1. The van der Waals surface area contributed by atoms with Crippen molar-refractivity contribution in [1.29, 1.82) is 0 Å². The number of aromatic nitrogens is 2. The van der Waals surface area contributed by atoms with E-state index in [1.54, 1.807) is 4.68 Å². The standard InChI is InChI=1S/C21H18Br2N4O2/c1-13-4-2-5-14(8-13)11-27-12-17(23)20(25-27)24-21(28)19-10-18(26-29-19)15-6-3-7-16(22)9-15/h2-9,12,19H,10-11H2,1H3,(H,24,25,28). The lowest BCUT2D eigenvalue weighted by molar-refractivity contribution is -0.125. The van der Waals surface area contributed by atoms with E-state index in [0.717, 1.165) is 21.3 Å². The largest absolute Gasteiger partial charge is 0.382 e. The van der Waals surface area contributed by atoms with Crippen molar-refractivity contribution in [3.8, 4) is 0 Å². The second-order valence-electron chi connectivity index (χ2n) is 6.85. The minimum Gasteiger partial charge on any atom is -0.382 e. The summed E-state index contributed by atoms with van der Waals surface area (Å²) in [4.78, 5) is 18.0.